The lowest BCUT2D eigenvalue weighted by Crippen LogP contribution is -2.15. The van der Waals surface area contributed by atoms with Gasteiger partial charge in [-0.1, -0.05) is 35.9 Å². The molecule has 3 aromatic rings. The van der Waals surface area contributed by atoms with Crippen molar-refractivity contribution in [2.45, 2.75) is 11.8 Å². The fourth-order valence-corrected chi connectivity index (χ4v) is 3.68. The quantitative estimate of drug-likeness (QED) is 0.630. The number of anilines is 2. The summed E-state index contributed by atoms with van der Waals surface area (Å²) in [6, 6.07) is 16.0. The van der Waals surface area contributed by atoms with E-state index in [1.807, 2.05) is 0 Å². The van der Waals surface area contributed by atoms with Crippen molar-refractivity contribution < 1.29 is 13.2 Å². The van der Waals surface area contributed by atoms with Gasteiger partial charge in [-0.25, -0.2) is 13.4 Å². The van der Waals surface area contributed by atoms with Gasteiger partial charge in [0.25, 0.3) is 15.9 Å². The van der Waals surface area contributed by atoms with Crippen molar-refractivity contribution in [1.29, 1.82) is 0 Å². The normalized spacial score (nSPS) is 11.0. The summed E-state index contributed by atoms with van der Waals surface area (Å²) in [5, 5.41) is 2.93. The summed E-state index contributed by atoms with van der Waals surface area (Å²) in [6.45, 7) is 1.77. The van der Waals surface area contributed by atoms with Crippen LogP contribution in [0.25, 0.3) is 0 Å². The summed E-state index contributed by atoms with van der Waals surface area (Å²) in [6.07, 6.45) is 1.44. The highest BCUT2D eigenvalue weighted by molar-refractivity contribution is 7.92. The maximum Gasteiger partial charge on any atom is 0.261 e. The van der Waals surface area contributed by atoms with Crippen LogP contribution in [0.2, 0.25) is 5.15 Å². The first-order chi connectivity index (χ1) is 12.8. The number of aromatic nitrogens is 1. The van der Waals surface area contributed by atoms with E-state index in [9.17, 15) is 13.2 Å². The topological polar surface area (TPSA) is 88.2 Å². The summed E-state index contributed by atoms with van der Waals surface area (Å²) >= 11 is 5.80. The molecule has 1 heterocycles. The van der Waals surface area contributed by atoms with Crippen LogP contribution in [0.15, 0.2) is 71.8 Å². The van der Waals surface area contributed by atoms with E-state index >= 15 is 0 Å². The van der Waals surface area contributed by atoms with Crippen LogP contribution < -0.4 is 10.0 Å². The van der Waals surface area contributed by atoms with Crippen molar-refractivity contribution in [2.24, 2.45) is 0 Å². The molecule has 1 aromatic heterocycles. The molecule has 0 saturated carbocycles. The fraction of sp³-hybridized carbons (Fsp3) is 0.0526. The number of halogens is 1. The molecular formula is C19H16ClN3O3S. The molecular weight excluding hydrogens is 386 g/mol. The average Bonchev–Trinajstić information content (AvgIpc) is 2.65. The first kappa shape index (κ1) is 18.9. The number of hydrogen-bond donors (Lipinski definition) is 2. The number of nitrogens with one attached hydrogen (secondary N) is 2. The second-order valence-electron chi connectivity index (χ2n) is 5.77. The summed E-state index contributed by atoms with van der Waals surface area (Å²) in [7, 11) is -3.73. The summed E-state index contributed by atoms with van der Waals surface area (Å²) in [5.41, 5.74) is 1.90. The van der Waals surface area contributed by atoms with Crippen LogP contribution >= 0.6 is 11.6 Å². The maximum atomic E-state index is 12.5. The summed E-state index contributed by atoms with van der Waals surface area (Å²) in [4.78, 5) is 16.3. The van der Waals surface area contributed by atoms with Crippen LogP contribution in [0.1, 0.15) is 15.9 Å². The van der Waals surface area contributed by atoms with Gasteiger partial charge in [0.2, 0.25) is 0 Å². The van der Waals surface area contributed by atoms with Gasteiger partial charge >= 0.3 is 0 Å². The number of benzene rings is 2. The molecule has 0 aliphatic rings. The number of pyridine rings is 1. The molecule has 0 aliphatic carbocycles. The number of carbonyl (C=O) groups is 1. The number of sulfonamides is 1. The lowest BCUT2D eigenvalue weighted by atomic mass is 10.2. The van der Waals surface area contributed by atoms with Gasteiger partial charge in [-0.2, -0.15) is 0 Å². The Morgan fingerprint density at radius 2 is 1.78 bits per heavy atom. The second kappa shape index (κ2) is 7.77. The Morgan fingerprint density at radius 3 is 2.48 bits per heavy atom. The number of nitrogens with zero attached hydrogens (tertiary/aromatic N) is 1. The smallest absolute Gasteiger partial charge is 0.261 e. The van der Waals surface area contributed by atoms with Crippen LogP contribution in [0, 0.1) is 6.92 Å². The number of rotatable bonds is 5. The molecule has 138 valence electrons. The first-order valence-corrected chi connectivity index (χ1v) is 9.83. The SMILES string of the molecule is Cc1ccc(NC(=O)c2ccnc(Cl)c2)cc1NS(=O)(=O)c1ccccc1. The van der Waals surface area contributed by atoms with Gasteiger partial charge in [0, 0.05) is 17.4 Å². The first-order valence-electron chi connectivity index (χ1n) is 7.96. The Kier molecular flexibility index (Phi) is 5.43. The summed E-state index contributed by atoms with van der Waals surface area (Å²) < 4.78 is 27.6. The van der Waals surface area contributed by atoms with E-state index in [0.29, 0.717) is 16.9 Å². The van der Waals surface area contributed by atoms with Gasteiger partial charge in [-0.3, -0.25) is 9.52 Å². The van der Waals surface area contributed by atoms with Gasteiger partial charge in [-0.15, -0.1) is 0 Å². The Bertz CT molecular complexity index is 1090. The predicted octanol–water partition coefficient (Wildman–Crippen LogP) is 4.10. The second-order valence-corrected chi connectivity index (χ2v) is 7.84. The molecule has 6 nitrogen and oxygen atoms in total. The minimum absolute atomic E-state index is 0.158. The monoisotopic (exact) mass is 401 g/mol. The molecule has 27 heavy (non-hydrogen) atoms. The van der Waals surface area contributed by atoms with Gasteiger partial charge < -0.3 is 5.32 Å². The zero-order chi connectivity index (χ0) is 19.4. The highest BCUT2D eigenvalue weighted by Crippen LogP contribution is 2.24. The highest BCUT2D eigenvalue weighted by Gasteiger charge is 2.15. The Balaban J connectivity index is 1.83. The molecule has 2 aromatic carbocycles. The molecule has 8 heteroatoms. The van der Waals surface area contributed by atoms with Gasteiger partial charge in [0.1, 0.15) is 5.15 Å². The molecule has 0 bridgehead atoms. The Morgan fingerprint density at radius 1 is 1.04 bits per heavy atom. The molecule has 0 aliphatic heterocycles. The van der Waals surface area contributed by atoms with Crippen LogP contribution in [-0.2, 0) is 10.0 Å². The third-order valence-corrected chi connectivity index (χ3v) is 5.37. The van der Waals surface area contributed by atoms with Crippen molar-refractivity contribution >= 4 is 38.9 Å². The molecule has 1 amide bonds. The third kappa shape index (κ3) is 4.64. The lowest BCUT2D eigenvalue weighted by molar-refractivity contribution is 0.102. The van der Waals surface area contributed by atoms with Gasteiger partial charge in [-0.05, 0) is 48.9 Å². The van der Waals surface area contributed by atoms with Crippen LogP contribution in [0.5, 0.6) is 0 Å². The van der Waals surface area contributed by atoms with Crippen molar-refractivity contribution in [3.05, 3.63) is 83.1 Å². The molecule has 0 unspecified atom stereocenters. The zero-order valence-electron chi connectivity index (χ0n) is 14.3. The summed E-state index contributed by atoms with van der Waals surface area (Å²) in [5.74, 6) is -0.375. The van der Waals surface area contributed by atoms with Crippen molar-refractivity contribution in [2.75, 3.05) is 10.0 Å². The molecule has 3 rings (SSSR count). The zero-order valence-corrected chi connectivity index (χ0v) is 15.9. The van der Waals surface area contributed by atoms with Crippen molar-refractivity contribution in [3.8, 4) is 0 Å². The van der Waals surface area contributed by atoms with Gasteiger partial charge in [0.05, 0.1) is 10.6 Å². The van der Waals surface area contributed by atoms with Crippen LogP contribution in [-0.4, -0.2) is 19.3 Å². The third-order valence-electron chi connectivity index (χ3n) is 3.78. The van der Waals surface area contributed by atoms with E-state index in [-0.39, 0.29) is 16.0 Å². The molecule has 2 N–H and O–H groups in total. The van der Waals surface area contributed by atoms with Crippen LogP contribution in [0.4, 0.5) is 11.4 Å². The number of amides is 1. The highest BCUT2D eigenvalue weighted by atomic mass is 35.5. The lowest BCUT2D eigenvalue weighted by Gasteiger charge is -2.13. The van der Waals surface area contributed by atoms with E-state index in [1.54, 1.807) is 43.3 Å². The van der Waals surface area contributed by atoms with E-state index in [2.05, 4.69) is 15.0 Å². The number of carbonyl (C=O) groups excluding carboxylic acids is 1. The molecule has 0 atom stereocenters. The largest absolute Gasteiger partial charge is 0.322 e. The van der Waals surface area contributed by atoms with E-state index in [4.69, 9.17) is 11.6 Å². The standard InChI is InChI=1S/C19H16ClN3O3S/c1-13-7-8-15(22-19(24)14-9-10-21-18(20)11-14)12-17(13)23-27(25,26)16-5-3-2-4-6-16/h2-12,23H,1H3,(H,22,24). The Hall–Kier alpha value is -2.90. The molecule has 0 fully saturated rings. The van der Waals surface area contributed by atoms with Crippen LogP contribution in [0.3, 0.4) is 0 Å². The average molecular weight is 402 g/mol. The maximum absolute atomic E-state index is 12.5. The molecule has 0 radical (unpaired) electrons. The van der Waals surface area contributed by atoms with E-state index in [1.165, 1.54) is 30.5 Å². The van der Waals surface area contributed by atoms with Crippen molar-refractivity contribution in [3.63, 3.8) is 0 Å². The van der Waals surface area contributed by atoms with E-state index < -0.39 is 10.0 Å². The molecule has 0 spiro atoms. The van der Waals surface area contributed by atoms with Crippen molar-refractivity contribution in [1.82, 2.24) is 4.98 Å². The van der Waals surface area contributed by atoms with Gasteiger partial charge in [0.15, 0.2) is 0 Å². The number of hydrogen-bond acceptors (Lipinski definition) is 4. The fourth-order valence-electron chi connectivity index (χ4n) is 2.36. The Labute approximate surface area is 162 Å². The minimum atomic E-state index is -3.73. The minimum Gasteiger partial charge on any atom is -0.322 e. The van der Waals surface area contributed by atoms with E-state index in [0.717, 1.165) is 5.56 Å². The predicted molar refractivity (Wildman–Crippen MR) is 106 cm³/mol. The number of aryl methyl sites for hydroxylation is 1. The molecule has 0 saturated heterocycles.